The fourth-order valence-corrected chi connectivity index (χ4v) is 6.26. The van der Waals surface area contributed by atoms with Crippen LogP contribution < -0.4 is 20.5 Å². The molecule has 0 bridgehead atoms. The molecule has 244 valence electrons. The molecule has 10 nitrogen and oxygen atoms in total. The third kappa shape index (κ3) is 5.07. The van der Waals surface area contributed by atoms with Crippen molar-refractivity contribution < 1.29 is 37.3 Å². The van der Waals surface area contributed by atoms with Crippen LogP contribution in [0.3, 0.4) is 0 Å². The number of primary amides is 1. The molecule has 4 aliphatic rings. The molecule has 3 aromatic heterocycles. The highest BCUT2D eigenvalue weighted by Crippen LogP contribution is 2.50. The number of amides is 2. The van der Waals surface area contributed by atoms with Crippen molar-refractivity contribution in [2.75, 3.05) is 13.2 Å². The van der Waals surface area contributed by atoms with Gasteiger partial charge < -0.3 is 25.6 Å². The van der Waals surface area contributed by atoms with Gasteiger partial charge in [0.2, 0.25) is 11.8 Å². The summed E-state index contributed by atoms with van der Waals surface area (Å²) in [4.78, 5) is 30.8. The summed E-state index contributed by atoms with van der Waals surface area (Å²) in [5.41, 5.74) is 4.17. The van der Waals surface area contributed by atoms with Crippen LogP contribution in [0.2, 0.25) is 0 Å². The molecule has 4 heterocycles. The monoisotopic (exact) mass is 647 g/mol. The van der Waals surface area contributed by atoms with E-state index in [-0.39, 0.29) is 47.9 Å². The van der Waals surface area contributed by atoms with Gasteiger partial charge in [0.25, 0.3) is 5.91 Å². The largest absolute Gasteiger partial charge is 0.489 e. The Bertz CT molecular complexity index is 1990. The molecule has 8 rings (SSSR count). The first-order valence-corrected chi connectivity index (χ1v) is 15.8. The predicted octanol–water partition coefficient (Wildman–Crippen LogP) is 4.40. The summed E-state index contributed by atoms with van der Waals surface area (Å²) < 4.78 is 56.9. The molecule has 13 heteroatoms. The Morgan fingerprint density at radius 3 is 2.49 bits per heavy atom. The number of nitrogens with one attached hydrogen (secondary N) is 1. The Balaban J connectivity index is 1.17. The number of aromatic nitrogens is 3. The van der Waals surface area contributed by atoms with Crippen molar-refractivity contribution in [2.45, 2.75) is 68.5 Å². The van der Waals surface area contributed by atoms with Crippen LogP contribution >= 0.6 is 0 Å². The van der Waals surface area contributed by atoms with Gasteiger partial charge in [0.1, 0.15) is 41.0 Å². The van der Waals surface area contributed by atoms with Gasteiger partial charge in [-0.15, -0.1) is 0 Å². The highest BCUT2D eigenvalue weighted by atomic mass is 19.2. The molecule has 4 aromatic rings. The molecule has 2 amide bonds. The van der Waals surface area contributed by atoms with Crippen LogP contribution in [-0.4, -0.2) is 50.8 Å². The highest BCUT2D eigenvalue weighted by molar-refractivity contribution is 5.96. The molecule has 3 saturated carbocycles. The van der Waals surface area contributed by atoms with Crippen LogP contribution in [0.4, 0.5) is 13.2 Å². The molecule has 0 saturated heterocycles. The summed E-state index contributed by atoms with van der Waals surface area (Å²) in [5, 5.41) is 19.8. The topological polar surface area (TPSA) is 141 Å². The summed E-state index contributed by atoms with van der Waals surface area (Å²) in [5.74, 6) is -4.52. The van der Waals surface area contributed by atoms with E-state index in [1.165, 1.54) is 13.0 Å². The first kappa shape index (κ1) is 29.7. The van der Waals surface area contributed by atoms with Crippen LogP contribution in [0.1, 0.15) is 78.7 Å². The van der Waals surface area contributed by atoms with Gasteiger partial charge in [0, 0.05) is 34.7 Å². The minimum Gasteiger partial charge on any atom is -0.489 e. The van der Waals surface area contributed by atoms with Crippen LogP contribution in [0.5, 0.6) is 11.6 Å². The molecule has 0 radical (unpaired) electrons. The van der Waals surface area contributed by atoms with E-state index in [2.05, 4.69) is 10.3 Å². The second kappa shape index (κ2) is 10.4. The van der Waals surface area contributed by atoms with E-state index in [1.54, 1.807) is 16.6 Å². The number of benzene rings is 1. The van der Waals surface area contributed by atoms with Gasteiger partial charge in [-0.3, -0.25) is 9.59 Å². The average Bonchev–Trinajstić information content (AvgIpc) is 3.92. The number of nitrogens with zero attached hydrogens (tertiary/aromatic N) is 3. The van der Waals surface area contributed by atoms with Crippen molar-refractivity contribution in [2.24, 2.45) is 11.7 Å². The lowest BCUT2D eigenvalue weighted by Crippen LogP contribution is -2.44. The third-order valence-corrected chi connectivity index (χ3v) is 9.71. The van der Waals surface area contributed by atoms with Crippen molar-refractivity contribution in [1.82, 2.24) is 19.9 Å². The van der Waals surface area contributed by atoms with Crippen LogP contribution in [0, 0.1) is 23.4 Å². The van der Waals surface area contributed by atoms with Gasteiger partial charge in [-0.1, -0.05) is 0 Å². The van der Waals surface area contributed by atoms with Crippen molar-refractivity contribution in [3.05, 3.63) is 76.4 Å². The smallest absolute Gasteiger partial charge is 0.251 e. The second-order valence-electron chi connectivity index (χ2n) is 13.4. The maximum absolute atomic E-state index is 15.1. The number of halogens is 3. The van der Waals surface area contributed by atoms with E-state index in [4.69, 9.17) is 20.3 Å². The Morgan fingerprint density at radius 1 is 1.06 bits per heavy atom. The normalized spacial score (nSPS) is 21.6. The molecule has 3 aliphatic carbocycles. The number of nitrogens with two attached hydrogens (primary N) is 1. The fraction of sp³-hybridized carbons (Fsp3) is 0.412. The minimum absolute atomic E-state index is 0.00855. The molecule has 0 spiro atoms. The first-order chi connectivity index (χ1) is 22.4. The first-order valence-electron chi connectivity index (χ1n) is 15.8. The summed E-state index contributed by atoms with van der Waals surface area (Å²) in [6.07, 6.45) is 5.27. The van der Waals surface area contributed by atoms with Gasteiger partial charge in [0.15, 0.2) is 11.6 Å². The van der Waals surface area contributed by atoms with E-state index < -0.39 is 45.8 Å². The number of hydrogen-bond donors (Lipinski definition) is 3. The number of pyridine rings is 2. The number of carbonyl (C=O) groups is 2. The lowest BCUT2D eigenvalue weighted by Gasteiger charge is -2.30. The van der Waals surface area contributed by atoms with Gasteiger partial charge in [-0.2, -0.15) is 5.10 Å². The number of fused-ring (bicyclic) bond motifs is 2. The van der Waals surface area contributed by atoms with Gasteiger partial charge in [-0.25, -0.2) is 22.7 Å². The number of hydrogen-bond acceptors (Lipinski definition) is 7. The predicted molar refractivity (Wildman–Crippen MR) is 161 cm³/mol. The molecule has 1 unspecified atom stereocenters. The Labute approximate surface area is 267 Å². The van der Waals surface area contributed by atoms with Crippen molar-refractivity contribution in [3.63, 3.8) is 0 Å². The molecular formula is C34H32F3N5O5. The van der Waals surface area contributed by atoms with Gasteiger partial charge in [-0.05, 0) is 75.6 Å². The standard InChI is InChI=1S/C34H32F3N5O5/c1-33(32(38)44)15-46-30-22(33)12-27(40-29(30)21-11-24(36)25(37)13-23(21)35)34(45,18-4-5-18)14-39-31(43)17-8-19-10-26(16-2-3-16)41-42(19)28(9-17)47-20-6-7-20/h8-13,16,18,20,45H,2-7,14-15H2,1H3,(H2,38,44)(H,39,43)/t33-,34?/m0/s1. The van der Waals surface area contributed by atoms with Crippen LogP contribution in [-0.2, 0) is 15.8 Å². The summed E-state index contributed by atoms with van der Waals surface area (Å²) in [6, 6.07) is 7.83. The van der Waals surface area contributed by atoms with Crippen molar-refractivity contribution in [3.8, 4) is 22.9 Å². The van der Waals surface area contributed by atoms with E-state index in [0.29, 0.717) is 42.3 Å². The summed E-state index contributed by atoms with van der Waals surface area (Å²) in [6.45, 7) is 1.05. The fourth-order valence-electron chi connectivity index (χ4n) is 6.26. The quantitative estimate of drug-likeness (QED) is 0.217. The molecule has 1 aliphatic heterocycles. The number of ether oxygens (including phenoxy) is 2. The summed E-state index contributed by atoms with van der Waals surface area (Å²) in [7, 11) is 0. The molecule has 4 N–H and O–H groups in total. The Hall–Kier alpha value is -4.65. The van der Waals surface area contributed by atoms with Gasteiger partial charge in [0.05, 0.1) is 23.4 Å². The van der Waals surface area contributed by atoms with Crippen LogP contribution in [0.15, 0.2) is 36.4 Å². The summed E-state index contributed by atoms with van der Waals surface area (Å²) >= 11 is 0. The van der Waals surface area contributed by atoms with E-state index >= 15 is 4.39 Å². The Kier molecular flexibility index (Phi) is 6.60. The lowest BCUT2D eigenvalue weighted by atomic mass is 9.81. The Morgan fingerprint density at radius 2 is 1.81 bits per heavy atom. The minimum atomic E-state index is -1.77. The zero-order valence-electron chi connectivity index (χ0n) is 25.5. The molecule has 2 atom stereocenters. The SMILES string of the molecule is C[C@]1(C(N)=O)COc2c1cc(C(O)(CNC(=O)c1cc(OC3CC3)n3nc(C4CC4)cc3c1)C1CC1)nc2-c1cc(F)c(F)cc1F. The number of aliphatic hydroxyl groups is 1. The van der Waals surface area contributed by atoms with E-state index in [9.17, 15) is 23.5 Å². The average molecular weight is 648 g/mol. The van der Waals surface area contributed by atoms with Crippen molar-refractivity contribution >= 4 is 17.3 Å². The molecule has 1 aromatic carbocycles. The molecule has 3 fully saturated rings. The van der Waals surface area contributed by atoms with E-state index in [1.807, 2.05) is 6.07 Å². The number of rotatable bonds is 10. The zero-order chi connectivity index (χ0) is 32.8. The maximum atomic E-state index is 15.1. The van der Waals surface area contributed by atoms with Crippen LogP contribution in [0.25, 0.3) is 16.8 Å². The molecular weight excluding hydrogens is 615 g/mol. The zero-order valence-corrected chi connectivity index (χ0v) is 25.5. The van der Waals surface area contributed by atoms with Gasteiger partial charge >= 0.3 is 0 Å². The maximum Gasteiger partial charge on any atom is 0.251 e. The number of carbonyl (C=O) groups excluding carboxylic acids is 2. The van der Waals surface area contributed by atoms with E-state index in [0.717, 1.165) is 36.9 Å². The second-order valence-corrected chi connectivity index (χ2v) is 13.4. The third-order valence-electron chi connectivity index (χ3n) is 9.71. The molecule has 47 heavy (non-hydrogen) atoms. The van der Waals surface area contributed by atoms with Crippen molar-refractivity contribution in [1.29, 1.82) is 0 Å². The lowest BCUT2D eigenvalue weighted by molar-refractivity contribution is -0.123. The highest BCUT2D eigenvalue weighted by Gasteiger charge is 2.50.